The number of carbonyl (C=O) groups excluding carboxylic acids is 1. The monoisotopic (exact) mass is 300 g/mol. The number of nitrogens with one attached hydrogen (secondary N) is 1. The summed E-state index contributed by atoms with van der Waals surface area (Å²) in [6.45, 7) is 0.447. The molecular formula is C16H16N2O4. The lowest BCUT2D eigenvalue weighted by molar-refractivity contribution is -0.156. The molecule has 1 saturated heterocycles. The zero-order valence-electron chi connectivity index (χ0n) is 12.2. The molecule has 0 spiro atoms. The van der Waals surface area contributed by atoms with E-state index in [9.17, 15) is 14.7 Å². The second-order valence-electron chi connectivity index (χ2n) is 5.85. The van der Waals surface area contributed by atoms with E-state index in [4.69, 9.17) is 4.74 Å². The molecule has 2 N–H and O–H groups in total. The molecule has 2 aliphatic heterocycles. The number of H-pyrrole nitrogens is 1. The number of nitrogens with zero attached hydrogens (tertiary/aromatic N) is 1. The number of carbonyl (C=O) groups is 2. The molecule has 0 saturated carbocycles. The van der Waals surface area contributed by atoms with Crippen molar-refractivity contribution >= 4 is 22.8 Å². The summed E-state index contributed by atoms with van der Waals surface area (Å²) in [7, 11) is 1.61. The second kappa shape index (κ2) is 4.25. The van der Waals surface area contributed by atoms with Gasteiger partial charge in [0, 0.05) is 23.9 Å². The maximum Gasteiger partial charge on any atom is 0.335 e. The van der Waals surface area contributed by atoms with Crippen LogP contribution in [0.4, 0.5) is 0 Å². The Morgan fingerprint density at radius 1 is 1.41 bits per heavy atom. The summed E-state index contributed by atoms with van der Waals surface area (Å²) in [5.41, 5.74) is 1.28. The molecule has 1 aromatic carbocycles. The number of hydrogen-bond donors (Lipinski definition) is 2. The van der Waals surface area contributed by atoms with E-state index in [2.05, 4.69) is 4.98 Å². The summed E-state index contributed by atoms with van der Waals surface area (Å²) >= 11 is 0. The van der Waals surface area contributed by atoms with Gasteiger partial charge in [0.15, 0.2) is 5.54 Å². The van der Waals surface area contributed by atoms with Gasteiger partial charge in [-0.25, -0.2) is 4.79 Å². The summed E-state index contributed by atoms with van der Waals surface area (Å²) < 4.78 is 5.26. The van der Waals surface area contributed by atoms with E-state index in [0.29, 0.717) is 25.1 Å². The van der Waals surface area contributed by atoms with Crippen molar-refractivity contribution < 1.29 is 19.4 Å². The summed E-state index contributed by atoms with van der Waals surface area (Å²) in [5.74, 6) is -0.300. The fraction of sp³-hybridized carbons (Fsp3) is 0.375. The average molecular weight is 300 g/mol. The van der Waals surface area contributed by atoms with Crippen molar-refractivity contribution in [1.82, 2.24) is 9.88 Å². The van der Waals surface area contributed by atoms with Gasteiger partial charge in [-0.15, -0.1) is 0 Å². The van der Waals surface area contributed by atoms with Crippen LogP contribution in [-0.4, -0.2) is 40.5 Å². The molecule has 2 aromatic rings. The first kappa shape index (κ1) is 13.2. The number of hydrogen-bond acceptors (Lipinski definition) is 3. The van der Waals surface area contributed by atoms with Crippen LogP contribution >= 0.6 is 0 Å². The molecule has 1 amide bonds. The normalized spacial score (nSPS) is 23.5. The molecule has 1 aromatic heterocycles. The fourth-order valence-electron chi connectivity index (χ4n) is 3.87. The first-order chi connectivity index (χ1) is 10.6. The van der Waals surface area contributed by atoms with Crippen LogP contribution < -0.4 is 4.74 Å². The number of benzene rings is 1. The Bertz CT molecular complexity index is 810. The summed E-state index contributed by atoms with van der Waals surface area (Å²) in [5, 5.41) is 10.8. The highest BCUT2D eigenvalue weighted by atomic mass is 16.5. The number of rotatable bonds is 2. The van der Waals surface area contributed by atoms with E-state index in [1.165, 1.54) is 4.90 Å². The van der Waals surface area contributed by atoms with Gasteiger partial charge in [-0.2, -0.15) is 0 Å². The molecule has 3 heterocycles. The molecule has 1 fully saturated rings. The molecule has 6 nitrogen and oxygen atoms in total. The van der Waals surface area contributed by atoms with Gasteiger partial charge in [0.05, 0.1) is 12.8 Å². The van der Waals surface area contributed by atoms with E-state index >= 15 is 0 Å². The zero-order valence-corrected chi connectivity index (χ0v) is 12.2. The highest BCUT2D eigenvalue weighted by Crippen LogP contribution is 2.46. The number of carboxylic acid groups (broad SMARTS) is 1. The largest absolute Gasteiger partial charge is 0.497 e. The highest BCUT2D eigenvalue weighted by molar-refractivity contribution is 5.96. The quantitative estimate of drug-likeness (QED) is 0.883. The number of carboxylic acids is 1. The first-order valence-corrected chi connectivity index (χ1v) is 7.31. The molecular weight excluding hydrogens is 284 g/mol. The third-order valence-electron chi connectivity index (χ3n) is 4.93. The van der Waals surface area contributed by atoms with Gasteiger partial charge < -0.3 is 19.7 Å². The Balaban J connectivity index is 2.00. The van der Waals surface area contributed by atoms with E-state index in [-0.39, 0.29) is 12.3 Å². The lowest BCUT2D eigenvalue weighted by Gasteiger charge is -2.38. The van der Waals surface area contributed by atoms with Crippen LogP contribution in [0.15, 0.2) is 18.2 Å². The van der Waals surface area contributed by atoms with Crippen molar-refractivity contribution in [2.24, 2.45) is 0 Å². The number of aliphatic carboxylic acids is 1. The van der Waals surface area contributed by atoms with Gasteiger partial charge in [0.25, 0.3) is 0 Å². The topological polar surface area (TPSA) is 82.6 Å². The van der Waals surface area contributed by atoms with Crippen molar-refractivity contribution in [3.8, 4) is 5.75 Å². The number of fused-ring (bicyclic) bond motifs is 5. The maximum absolute atomic E-state index is 12.1. The van der Waals surface area contributed by atoms with Crippen molar-refractivity contribution in [1.29, 1.82) is 0 Å². The molecule has 4 rings (SSSR count). The van der Waals surface area contributed by atoms with Crippen LogP contribution in [-0.2, 0) is 21.5 Å². The standard InChI is InChI=1S/C16H16N2O4/c1-22-9-2-3-12-11(8-9)10-5-7-18-13(19)4-6-16(18,15(20)21)14(10)17-12/h2-3,8,17H,4-7H2,1H3,(H,20,21). The molecule has 6 heteroatoms. The van der Waals surface area contributed by atoms with Crippen molar-refractivity contribution in [2.75, 3.05) is 13.7 Å². The zero-order chi connectivity index (χ0) is 15.5. The van der Waals surface area contributed by atoms with Crippen LogP contribution in [0, 0.1) is 0 Å². The number of aromatic nitrogens is 1. The van der Waals surface area contributed by atoms with Gasteiger partial charge in [0.1, 0.15) is 5.75 Å². The number of methoxy groups -OCH3 is 1. The lowest BCUT2D eigenvalue weighted by Crippen LogP contribution is -2.53. The van der Waals surface area contributed by atoms with Gasteiger partial charge in [0.2, 0.25) is 5.91 Å². The Hall–Kier alpha value is -2.50. The third kappa shape index (κ3) is 1.44. The van der Waals surface area contributed by atoms with Crippen LogP contribution in [0.1, 0.15) is 24.1 Å². The van der Waals surface area contributed by atoms with Gasteiger partial charge in [-0.1, -0.05) is 0 Å². The Morgan fingerprint density at radius 2 is 2.23 bits per heavy atom. The Labute approximate surface area is 126 Å². The average Bonchev–Trinajstić information content (AvgIpc) is 3.05. The minimum atomic E-state index is -1.24. The molecule has 0 aliphatic carbocycles. The second-order valence-corrected chi connectivity index (χ2v) is 5.85. The number of amides is 1. The van der Waals surface area contributed by atoms with E-state index in [1.807, 2.05) is 18.2 Å². The predicted molar refractivity (Wildman–Crippen MR) is 78.8 cm³/mol. The Morgan fingerprint density at radius 3 is 2.95 bits per heavy atom. The van der Waals surface area contributed by atoms with Crippen LogP contribution in [0.2, 0.25) is 0 Å². The SMILES string of the molecule is COc1ccc2[nH]c3c(c2c1)CCN1C(=O)CCC31C(=O)O. The van der Waals surface area contributed by atoms with Crippen LogP contribution in [0.3, 0.4) is 0 Å². The minimum absolute atomic E-state index is 0.0794. The van der Waals surface area contributed by atoms with Crippen molar-refractivity contribution in [2.45, 2.75) is 24.8 Å². The van der Waals surface area contributed by atoms with Crippen molar-refractivity contribution in [3.05, 3.63) is 29.5 Å². The maximum atomic E-state index is 12.1. The molecule has 1 atom stereocenters. The molecule has 1 unspecified atom stereocenters. The van der Waals surface area contributed by atoms with E-state index < -0.39 is 11.5 Å². The first-order valence-electron chi connectivity index (χ1n) is 7.31. The molecule has 114 valence electrons. The van der Waals surface area contributed by atoms with Gasteiger partial charge in [-0.3, -0.25) is 4.79 Å². The lowest BCUT2D eigenvalue weighted by atomic mass is 9.84. The molecule has 22 heavy (non-hydrogen) atoms. The molecule has 0 bridgehead atoms. The van der Waals surface area contributed by atoms with Gasteiger partial charge >= 0.3 is 5.97 Å². The van der Waals surface area contributed by atoms with Crippen molar-refractivity contribution in [3.63, 3.8) is 0 Å². The van der Waals surface area contributed by atoms with E-state index in [1.54, 1.807) is 7.11 Å². The number of aromatic amines is 1. The third-order valence-corrected chi connectivity index (χ3v) is 4.93. The van der Waals surface area contributed by atoms with Gasteiger partial charge in [-0.05, 0) is 36.6 Å². The molecule has 0 radical (unpaired) electrons. The fourth-order valence-corrected chi connectivity index (χ4v) is 3.87. The summed E-state index contributed by atoms with van der Waals surface area (Å²) in [6.07, 6.45) is 1.26. The smallest absolute Gasteiger partial charge is 0.335 e. The van der Waals surface area contributed by atoms with Crippen LogP contribution in [0.25, 0.3) is 10.9 Å². The summed E-state index contributed by atoms with van der Waals surface area (Å²) in [4.78, 5) is 28.9. The number of ether oxygens (including phenoxy) is 1. The minimum Gasteiger partial charge on any atom is -0.497 e. The van der Waals surface area contributed by atoms with Crippen LogP contribution in [0.5, 0.6) is 5.75 Å². The predicted octanol–water partition coefficient (Wildman–Crippen LogP) is 1.63. The summed E-state index contributed by atoms with van der Waals surface area (Å²) in [6, 6.07) is 5.66. The van der Waals surface area contributed by atoms with E-state index in [0.717, 1.165) is 22.2 Å². The Kier molecular flexibility index (Phi) is 2.55. The molecule has 2 aliphatic rings. The highest BCUT2D eigenvalue weighted by Gasteiger charge is 2.56.